The van der Waals surface area contributed by atoms with Crippen LogP contribution < -0.4 is 9.47 Å². The number of amides is 1. The smallest absolute Gasteiger partial charge is 0.263 e. The van der Waals surface area contributed by atoms with Gasteiger partial charge in [-0.25, -0.2) is 8.78 Å². The Kier molecular flexibility index (Phi) is 6.20. The Bertz CT molecular complexity index is 770. The van der Waals surface area contributed by atoms with E-state index in [0.717, 1.165) is 17.7 Å². The van der Waals surface area contributed by atoms with Crippen molar-refractivity contribution >= 4 is 17.5 Å². The Balaban J connectivity index is 2.06. The molecule has 0 N–H and O–H groups in total. The Labute approximate surface area is 149 Å². The standard InChI is InChI=1S/C18H18ClF2NO3/c1-11(25-14-5-6-15(20)16(21)9-14)18(23)22(2)10-12-8-13(19)4-7-17(12)24-3/h4-9,11H,10H2,1-3H3. The van der Waals surface area contributed by atoms with Crippen LogP contribution in [0.3, 0.4) is 0 Å². The zero-order valence-corrected chi connectivity index (χ0v) is 14.8. The van der Waals surface area contributed by atoms with Gasteiger partial charge in [0.05, 0.1) is 7.11 Å². The Morgan fingerprint density at radius 1 is 1.20 bits per heavy atom. The third-order valence-electron chi connectivity index (χ3n) is 3.58. The van der Waals surface area contributed by atoms with Gasteiger partial charge in [0.2, 0.25) is 0 Å². The fourth-order valence-corrected chi connectivity index (χ4v) is 2.51. The number of halogens is 3. The van der Waals surface area contributed by atoms with Crippen LogP contribution in [0, 0.1) is 11.6 Å². The van der Waals surface area contributed by atoms with Crippen LogP contribution in [0.2, 0.25) is 5.02 Å². The molecule has 0 aliphatic carbocycles. The monoisotopic (exact) mass is 369 g/mol. The maximum Gasteiger partial charge on any atom is 0.263 e. The number of nitrogens with zero attached hydrogens (tertiary/aromatic N) is 1. The zero-order valence-electron chi connectivity index (χ0n) is 14.1. The van der Waals surface area contributed by atoms with Crippen LogP contribution in [0.15, 0.2) is 36.4 Å². The summed E-state index contributed by atoms with van der Waals surface area (Å²) in [6, 6.07) is 8.24. The van der Waals surface area contributed by atoms with Crippen molar-refractivity contribution < 1.29 is 23.0 Å². The van der Waals surface area contributed by atoms with Crippen LogP contribution in [0.25, 0.3) is 0 Å². The summed E-state index contributed by atoms with van der Waals surface area (Å²) in [4.78, 5) is 13.9. The maximum absolute atomic E-state index is 13.2. The lowest BCUT2D eigenvalue weighted by molar-refractivity contribution is -0.137. The van der Waals surface area contributed by atoms with Gasteiger partial charge in [-0.05, 0) is 37.3 Å². The van der Waals surface area contributed by atoms with Gasteiger partial charge >= 0.3 is 0 Å². The molecule has 0 spiro atoms. The van der Waals surface area contributed by atoms with Crippen molar-refractivity contribution in [2.24, 2.45) is 0 Å². The molecule has 2 aromatic carbocycles. The van der Waals surface area contributed by atoms with Gasteiger partial charge in [0.25, 0.3) is 5.91 Å². The highest BCUT2D eigenvalue weighted by molar-refractivity contribution is 6.30. The Morgan fingerprint density at radius 3 is 2.56 bits per heavy atom. The summed E-state index contributed by atoms with van der Waals surface area (Å²) < 4.78 is 36.8. The Hall–Kier alpha value is -2.34. The number of carbonyl (C=O) groups excluding carboxylic acids is 1. The van der Waals surface area contributed by atoms with Gasteiger partial charge < -0.3 is 14.4 Å². The number of carbonyl (C=O) groups is 1. The first kappa shape index (κ1) is 19.0. The highest BCUT2D eigenvalue weighted by atomic mass is 35.5. The van der Waals surface area contributed by atoms with E-state index in [1.165, 1.54) is 25.0 Å². The molecular formula is C18H18ClF2NO3. The van der Waals surface area contributed by atoms with Crippen LogP contribution in [-0.4, -0.2) is 31.1 Å². The largest absolute Gasteiger partial charge is 0.496 e. The van der Waals surface area contributed by atoms with Gasteiger partial charge in [-0.2, -0.15) is 0 Å². The molecule has 0 radical (unpaired) electrons. The number of hydrogen-bond donors (Lipinski definition) is 0. The highest BCUT2D eigenvalue weighted by Gasteiger charge is 2.21. The van der Waals surface area contributed by atoms with E-state index in [2.05, 4.69) is 0 Å². The van der Waals surface area contributed by atoms with Crippen LogP contribution in [0.1, 0.15) is 12.5 Å². The predicted molar refractivity (Wildman–Crippen MR) is 90.9 cm³/mol. The fraction of sp³-hybridized carbons (Fsp3) is 0.278. The summed E-state index contributed by atoms with van der Waals surface area (Å²) in [6.07, 6.45) is -0.875. The molecule has 1 unspecified atom stereocenters. The van der Waals surface area contributed by atoms with E-state index in [1.807, 2.05) is 0 Å². The molecule has 0 aliphatic heterocycles. The van der Waals surface area contributed by atoms with Crippen molar-refractivity contribution in [3.63, 3.8) is 0 Å². The number of ether oxygens (including phenoxy) is 2. The van der Waals surface area contributed by atoms with Gasteiger partial charge in [0.15, 0.2) is 17.7 Å². The van der Waals surface area contributed by atoms with E-state index in [9.17, 15) is 13.6 Å². The van der Waals surface area contributed by atoms with Crippen molar-refractivity contribution in [2.75, 3.05) is 14.2 Å². The molecule has 4 nitrogen and oxygen atoms in total. The lowest BCUT2D eigenvalue weighted by Crippen LogP contribution is -2.37. The normalized spacial score (nSPS) is 11.8. The predicted octanol–water partition coefficient (Wildman–Crippen LogP) is 4.05. The maximum atomic E-state index is 13.2. The molecular weight excluding hydrogens is 352 g/mol. The fourth-order valence-electron chi connectivity index (χ4n) is 2.32. The van der Waals surface area contributed by atoms with Crippen LogP contribution in [0.4, 0.5) is 8.78 Å². The number of rotatable bonds is 6. The third kappa shape index (κ3) is 4.82. The summed E-state index contributed by atoms with van der Waals surface area (Å²) >= 11 is 5.98. The first-order valence-electron chi connectivity index (χ1n) is 7.51. The highest BCUT2D eigenvalue weighted by Crippen LogP contribution is 2.24. The molecule has 0 saturated heterocycles. The summed E-state index contributed by atoms with van der Waals surface area (Å²) in [5.41, 5.74) is 0.742. The molecule has 0 heterocycles. The topological polar surface area (TPSA) is 38.8 Å². The van der Waals surface area contributed by atoms with Crippen LogP contribution in [-0.2, 0) is 11.3 Å². The molecule has 25 heavy (non-hydrogen) atoms. The number of likely N-dealkylation sites (N-methyl/N-ethyl adjacent to an activating group) is 1. The molecule has 0 fully saturated rings. The zero-order chi connectivity index (χ0) is 18.6. The lowest BCUT2D eigenvalue weighted by Gasteiger charge is -2.23. The van der Waals surface area contributed by atoms with Crippen molar-refractivity contribution in [1.82, 2.24) is 4.90 Å². The summed E-state index contributed by atoms with van der Waals surface area (Å²) in [6.45, 7) is 1.79. The second-order valence-corrected chi connectivity index (χ2v) is 5.92. The summed E-state index contributed by atoms with van der Waals surface area (Å²) in [5.74, 6) is -1.65. The van der Waals surface area contributed by atoms with E-state index >= 15 is 0 Å². The molecule has 7 heteroatoms. The van der Waals surface area contributed by atoms with Crippen molar-refractivity contribution in [3.8, 4) is 11.5 Å². The average Bonchev–Trinajstić information content (AvgIpc) is 2.57. The van der Waals surface area contributed by atoms with E-state index in [1.54, 1.807) is 25.2 Å². The van der Waals surface area contributed by atoms with Gasteiger partial charge in [-0.15, -0.1) is 0 Å². The van der Waals surface area contributed by atoms with E-state index in [4.69, 9.17) is 21.1 Å². The number of benzene rings is 2. The summed E-state index contributed by atoms with van der Waals surface area (Å²) in [7, 11) is 3.14. The molecule has 0 aromatic heterocycles. The van der Waals surface area contributed by atoms with Crippen molar-refractivity contribution in [2.45, 2.75) is 19.6 Å². The van der Waals surface area contributed by atoms with Gasteiger partial charge in [-0.3, -0.25) is 4.79 Å². The minimum atomic E-state index is -1.03. The van der Waals surface area contributed by atoms with E-state index in [0.29, 0.717) is 10.8 Å². The number of methoxy groups -OCH3 is 1. The molecule has 1 amide bonds. The van der Waals surface area contributed by atoms with E-state index < -0.39 is 17.7 Å². The number of hydrogen-bond acceptors (Lipinski definition) is 3. The second kappa shape index (κ2) is 8.16. The second-order valence-electron chi connectivity index (χ2n) is 5.49. The average molecular weight is 370 g/mol. The molecule has 1 atom stereocenters. The summed E-state index contributed by atoms with van der Waals surface area (Å²) in [5, 5.41) is 0.530. The van der Waals surface area contributed by atoms with Gasteiger partial charge in [0, 0.05) is 30.2 Å². The molecule has 2 aromatic rings. The quantitative estimate of drug-likeness (QED) is 0.771. The van der Waals surface area contributed by atoms with Gasteiger partial charge in [0.1, 0.15) is 11.5 Å². The minimum Gasteiger partial charge on any atom is -0.496 e. The first-order chi connectivity index (χ1) is 11.8. The molecule has 2 rings (SSSR count). The SMILES string of the molecule is COc1ccc(Cl)cc1CN(C)C(=O)C(C)Oc1ccc(F)c(F)c1. The Morgan fingerprint density at radius 2 is 1.92 bits per heavy atom. The molecule has 0 aliphatic rings. The molecule has 0 bridgehead atoms. The van der Waals surface area contributed by atoms with Crippen LogP contribution >= 0.6 is 11.6 Å². The first-order valence-corrected chi connectivity index (χ1v) is 7.88. The molecule has 134 valence electrons. The van der Waals surface area contributed by atoms with Crippen molar-refractivity contribution in [1.29, 1.82) is 0 Å². The minimum absolute atomic E-state index is 0.0773. The van der Waals surface area contributed by atoms with E-state index in [-0.39, 0.29) is 18.2 Å². The molecule has 0 saturated carbocycles. The van der Waals surface area contributed by atoms with Crippen LogP contribution in [0.5, 0.6) is 11.5 Å². The van der Waals surface area contributed by atoms with Gasteiger partial charge in [-0.1, -0.05) is 11.6 Å². The lowest BCUT2D eigenvalue weighted by atomic mass is 10.2. The van der Waals surface area contributed by atoms with Crippen molar-refractivity contribution in [3.05, 3.63) is 58.6 Å². The third-order valence-corrected chi connectivity index (χ3v) is 3.81.